The molecule has 0 saturated heterocycles. The van der Waals surface area contributed by atoms with E-state index in [1.807, 2.05) is 18.2 Å². The Labute approximate surface area is 143 Å². The van der Waals surface area contributed by atoms with E-state index in [-0.39, 0.29) is 0 Å². The lowest BCUT2D eigenvalue weighted by Gasteiger charge is -2.10. The van der Waals surface area contributed by atoms with Gasteiger partial charge in [0.25, 0.3) is 0 Å². The van der Waals surface area contributed by atoms with Gasteiger partial charge in [-0.2, -0.15) is 0 Å². The van der Waals surface area contributed by atoms with Gasteiger partial charge in [-0.15, -0.1) is 0 Å². The molecule has 100 valence electrons. The predicted molar refractivity (Wildman–Crippen MR) is 90.6 cm³/mol. The molecule has 1 N–H and O–H groups in total. The second kappa shape index (κ2) is 6.68. The van der Waals surface area contributed by atoms with Gasteiger partial charge < -0.3 is 5.32 Å². The number of hydrogen-bond donors (Lipinski definition) is 1. The van der Waals surface area contributed by atoms with Crippen molar-refractivity contribution in [1.82, 2.24) is 0 Å². The topological polar surface area (TPSA) is 12.0 Å². The third-order valence-electron chi connectivity index (χ3n) is 2.48. The quantitative estimate of drug-likeness (QED) is 0.515. The molecular weight excluding hydrogens is 436 g/mol. The first-order valence-electron chi connectivity index (χ1n) is 5.29. The Balaban J connectivity index is 2.14. The van der Waals surface area contributed by atoms with E-state index >= 15 is 0 Å². The van der Waals surface area contributed by atoms with E-state index in [1.54, 1.807) is 12.1 Å². The van der Waals surface area contributed by atoms with Crippen molar-refractivity contribution in [2.45, 2.75) is 6.54 Å². The summed E-state index contributed by atoms with van der Waals surface area (Å²) in [6.45, 7) is 0.642. The molecule has 19 heavy (non-hydrogen) atoms. The number of anilines is 1. The first-order chi connectivity index (χ1) is 8.97. The molecule has 0 radical (unpaired) electrons. The van der Waals surface area contributed by atoms with Crippen molar-refractivity contribution in [3.8, 4) is 0 Å². The van der Waals surface area contributed by atoms with Crippen LogP contribution in [0.4, 0.5) is 5.69 Å². The highest BCUT2D eigenvalue weighted by atomic mass is 79.9. The average molecular weight is 444 g/mol. The normalized spacial score (nSPS) is 10.6. The minimum Gasteiger partial charge on any atom is -0.380 e. The van der Waals surface area contributed by atoms with Crippen LogP contribution in [0, 0.1) is 0 Å². The monoisotopic (exact) mass is 441 g/mol. The zero-order valence-corrected chi connectivity index (χ0v) is 14.9. The SMILES string of the molecule is Clc1cc(Cl)c(NCc2ccc(Br)c(Br)c2)cc1Cl. The second-order valence-electron chi connectivity index (χ2n) is 3.85. The van der Waals surface area contributed by atoms with Crippen molar-refractivity contribution in [3.63, 3.8) is 0 Å². The fraction of sp³-hybridized carbons (Fsp3) is 0.0769. The first-order valence-corrected chi connectivity index (χ1v) is 8.01. The average Bonchev–Trinajstić information content (AvgIpc) is 2.36. The standard InChI is InChI=1S/C13H8Br2Cl3N/c14-8-2-1-7(3-9(8)15)6-19-13-5-11(17)10(16)4-12(13)18/h1-5,19H,6H2. The van der Waals surface area contributed by atoms with Gasteiger partial charge in [0.15, 0.2) is 0 Å². The van der Waals surface area contributed by atoms with Crippen LogP contribution in [0.2, 0.25) is 15.1 Å². The van der Waals surface area contributed by atoms with Crippen molar-refractivity contribution >= 4 is 72.4 Å². The molecule has 0 amide bonds. The summed E-state index contributed by atoms with van der Waals surface area (Å²) in [5.41, 5.74) is 1.88. The van der Waals surface area contributed by atoms with Crippen LogP contribution in [0.1, 0.15) is 5.56 Å². The van der Waals surface area contributed by atoms with E-state index in [4.69, 9.17) is 34.8 Å². The molecule has 1 nitrogen and oxygen atoms in total. The number of hydrogen-bond acceptors (Lipinski definition) is 1. The van der Waals surface area contributed by atoms with E-state index in [2.05, 4.69) is 37.2 Å². The lowest BCUT2D eigenvalue weighted by atomic mass is 10.2. The Hall–Kier alpha value is 0.0700. The Bertz CT molecular complexity index is 617. The Kier molecular flexibility index (Phi) is 5.44. The summed E-state index contributed by atoms with van der Waals surface area (Å²) in [6.07, 6.45) is 0. The molecule has 0 atom stereocenters. The van der Waals surface area contributed by atoms with Gasteiger partial charge in [-0.25, -0.2) is 0 Å². The van der Waals surface area contributed by atoms with E-state index in [0.717, 1.165) is 20.2 Å². The molecule has 6 heteroatoms. The largest absolute Gasteiger partial charge is 0.380 e. The highest BCUT2D eigenvalue weighted by molar-refractivity contribution is 9.13. The fourth-order valence-corrected chi connectivity index (χ4v) is 2.79. The van der Waals surface area contributed by atoms with Crippen molar-refractivity contribution in [2.24, 2.45) is 0 Å². The summed E-state index contributed by atoms with van der Waals surface area (Å²) in [4.78, 5) is 0. The molecule has 2 rings (SSSR count). The van der Waals surface area contributed by atoms with E-state index in [9.17, 15) is 0 Å². The van der Waals surface area contributed by atoms with Gasteiger partial charge in [0.05, 0.1) is 20.8 Å². The molecule has 2 aromatic carbocycles. The summed E-state index contributed by atoms with van der Waals surface area (Å²) in [7, 11) is 0. The summed E-state index contributed by atoms with van der Waals surface area (Å²) in [5, 5.41) is 4.70. The Morgan fingerprint density at radius 1 is 0.842 bits per heavy atom. The maximum Gasteiger partial charge on any atom is 0.0653 e. The third kappa shape index (κ3) is 4.02. The van der Waals surface area contributed by atoms with Gasteiger partial charge in [0.2, 0.25) is 0 Å². The molecule has 0 bridgehead atoms. The minimum absolute atomic E-state index is 0.448. The van der Waals surface area contributed by atoms with Crippen LogP contribution < -0.4 is 5.32 Å². The lowest BCUT2D eigenvalue weighted by Crippen LogP contribution is -2.00. The molecular formula is C13H8Br2Cl3N. The van der Waals surface area contributed by atoms with Gasteiger partial charge in [0, 0.05) is 15.5 Å². The second-order valence-corrected chi connectivity index (χ2v) is 6.78. The van der Waals surface area contributed by atoms with Gasteiger partial charge in [-0.3, -0.25) is 0 Å². The number of benzene rings is 2. The Morgan fingerprint density at radius 2 is 1.53 bits per heavy atom. The molecule has 0 fully saturated rings. The molecule has 0 aliphatic heterocycles. The van der Waals surface area contributed by atoms with Crippen molar-refractivity contribution < 1.29 is 0 Å². The summed E-state index contributed by atoms with van der Waals surface area (Å²) in [5.74, 6) is 0. The lowest BCUT2D eigenvalue weighted by molar-refractivity contribution is 1.14. The zero-order chi connectivity index (χ0) is 14.0. The van der Waals surface area contributed by atoms with E-state index in [1.165, 1.54) is 0 Å². The van der Waals surface area contributed by atoms with Crippen LogP contribution in [-0.2, 0) is 6.54 Å². The van der Waals surface area contributed by atoms with Crippen LogP contribution in [0.15, 0.2) is 39.3 Å². The van der Waals surface area contributed by atoms with Crippen LogP contribution in [0.3, 0.4) is 0 Å². The maximum absolute atomic E-state index is 6.10. The van der Waals surface area contributed by atoms with Crippen LogP contribution in [0.5, 0.6) is 0 Å². The Morgan fingerprint density at radius 3 is 2.21 bits per heavy atom. The molecule has 0 unspecified atom stereocenters. The number of nitrogens with one attached hydrogen (secondary N) is 1. The van der Waals surface area contributed by atoms with Crippen LogP contribution >= 0.6 is 66.7 Å². The van der Waals surface area contributed by atoms with E-state index < -0.39 is 0 Å². The molecule has 2 aromatic rings. The van der Waals surface area contributed by atoms with Gasteiger partial charge in [-0.1, -0.05) is 40.9 Å². The number of rotatable bonds is 3. The molecule has 0 aromatic heterocycles. The molecule has 0 spiro atoms. The van der Waals surface area contributed by atoms with E-state index in [0.29, 0.717) is 21.6 Å². The van der Waals surface area contributed by atoms with Gasteiger partial charge in [0.1, 0.15) is 0 Å². The highest BCUT2D eigenvalue weighted by Crippen LogP contribution is 2.32. The zero-order valence-electron chi connectivity index (χ0n) is 9.48. The number of halogens is 5. The minimum atomic E-state index is 0.448. The first kappa shape index (κ1) is 15.5. The van der Waals surface area contributed by atoms with Gasteiger partial charge in [-0.05, 0) is 61.7 Å². The molecule has 0 aliphatic rings. The van der Waals surface area contributed by atoms with Crippen molar-refractivity contribution in [3.05, 3.63) is 59.9 Å². The summed E-state index contributed by atoms with van der Waals surface area (Å²) >= 11 is 24.9. The van der Waals surface area contributed by atoms with Crippen molar-refractivity contribution in [1.29, 1.82) is 0 Å². The maximum atomic E-state index is 6.10. The smallest absolute Gasteiger partial charge is 0.0653 e. The van der Waals surface area contributed by atoms with Crippen LogP contribution in [-0.4, -0.2) is 0 Å². The summed E-state index contributed by atoms with van der Waals surface area (Å²) in [6, 6.07) is 9.39. The van der Waals surface area contributed by atoms with Crippen LogP contribution in [0.25, 0.3) is 0 Å². The van der Waals surface area contributed by atoms with Crippen molar-refractivity contribution in [2.75, 3.05) is 5.32 Å². The molecule has 0 saturated carbocycles. The molecule has 0 heterocycles. The van der Waals surface area contributed by atoms with Gasteiger partial charge >= 0.3 is 0 Å². The highest BCUT2D eigenvalue weighted by Gasteiger charge is 2.06. The summed E-state index contributed by atoms with van der Waals surface area (Å²) < 4.78 is 2.02. The predicted octanol–water partition coefficient (Wildman–Crippen LogP) is 6.78. The fourth-order valence-electron chi connectivity index (χ4n) is 1.50. The third-order valence-corrected chi connectivity index (χ3v) is 5.39. The molecule has 0 aliphatic carbocycles.